The summed E-state index contributed by atoms with van der Waals surface area (Å²) in [6, 6.07) is 5.69. The molecule has 0 spiro atoms. The predicted molar refractivity (Wildman–Crippen MR) is 83.0 cm³/mol. The summed E-state index contributed by atoms with van der Waals surface area (Å²) >= 11 is 1.37. The predicted octanol–water partition coefficient (Wildman–Crippen LogP) is 3.30. The first kappa shape index (κ1) is 12.8. The molecule has 4 aromatic heterocycles. The van der Waals surface area contributed by atoms with Gasteiger partial charge in [-0.15, -0.1) is 11.3 Å². The first-order valence-electron chi connectivity index (χ1n) is 6.52. The van der Waals surface area contributed by atoms with Gasteiger partial charge < -0.3 is 8.82 Å². The standard InChI is InChI=1S/C15H10N4O2S/c20-14(18-15-16-4-6-22-15)12-8-19-7-10(1-2-13(19)17-12)11-3-5-21-9-11/h1-9H,(H,16,18,20). The summed E-state index contributed by atoms with van der Waals surface area (Å²) in [6.07, 6.45) is 8.55. The smallest absolute Gasteiger partial charge is 0.277 e. The summed E-state index contributed by atoms with van der Waals surface area (Å²) in [6.45, 7) is 0. The van der Waals surface area contributed by atoms with E-state index in [4.69, 9.17) is 4.42 Å². The fraction of sp³-hybridized carbons (Fsp3) is 0. The van der Waals surface area contributed by atoms with Gasteiger partial charge in [0.25, 0.3) is 5.91 Å². The molecule has 0 aromatic carbocycles. The largest absolute Gasteiger partial charge is 0.472 e. The second kappa shape index (κ2) is 5.12. The van der Waals surface area contributed by atoms with Crippen molar-refractivity contribution in [1.29, 1.82) is 0 Å². The summed E-state index contributed by atoms with van der Waals surface area (Å²) in [5.41, 5.74) is 3.02. The van der Waals surface area contributed by atoms with Crippen molar-refractivity contribution in [3.05, 3.63) is 60.4 Å². The number of hydrogen-bond acceptors (Lipinski definition) is 5. The van der Waals surface area contributed by atoms with E-state index in [2.05, 4.69) is 15.3 Å². The summed E-state index contributed by atoms with van der Waals surface area (Å²) in [5, 5.41) is 5.08. The number of carbonyl (C=O) groups excluding carboxylic acids is 1. The normalized spacial score (nSPS) is 10.9. The molecule has 0 saturated carbocycles. The van der Waals surface area contributed by atoms with Crippen molar-refractivity contribution in [3.8, 4) is 11.1 Å². The highest BCUT2D eigenvalue weighted by Crippen LogP contribution is 2.21. The first-order valence-corrected chi connectivity index (χ1v) is 7.40. The van der Waals surface area contributed by atoms with Crippen LogP contribution in [-0.2, 0) is 0 Å². The lowest BCUT2D eigenvalue weighted by Gasteiger charge is -1.98. The fourth-order valence-electron chi connectivity index (χ4n) is 2.15. The maximum Gasteiger partial charge on any atom is 0.277 e. The van der Waals surface area contributed by atoms with Crippen molar-refractivity contribution in [2.24, 2.45) is 0 Å². The summed E-state index contributed by atoms with van der Waals surface area (Å²) in [4.78, 5) is 20.5. The van der Waals surface area contributed by atoms with Crippen LogP contribution in [0.1, 0.15) is 10.5 Å². The molecule has 4 aromatic rings. The van der Waals surface area contributed by atoms with E-state index in [-0.39, 0.29) is 5.91 Å². The molecule has 0 saturated heterocycles. The van der Waals surface area contributed by atoms with Crippen molar-refractivity contribution < 1.29 is 9.21 Å². The van der Waals surface area contributed by atoms with E-state index in [1.165, 1.54) is 11.3 Å². The van der Waals surface area contributed by atoms with E-state index in [0.717, 1.165) is 11.1 Å². The van der Waals surface area contributed by atoms with Gasteiger partial charge in [0.2, 0.25) is 0 Å². The second-order valence-electron chi connectivity index (χ2n) is 4.61. The fourth-order valence-corrected chi connectivity index (χ4v) is 2.67. The number of nitrogens with one attached hydrogen (secondary N) is 1. The average Bonchev–Trinajstić information content (AvgIpc) is 3.27. The van der Waals surface area contributed by atoms with E-state index in [0.29, 0.717) is 16.5 Å². The molecule has 1 amide bonds. The quantitative estimate of drug-likeness (QED) is 0.630. The minimum atomic E-state index is -0.275. The molecule has 0 radical (unpaired) electrons. The number of furan rings is 1. The number of anilines is 1. The molecule has 0 bridgehead atoms. The SMILES string of the molecule is O=C(Nc1nccs1)c1cn2cc(-c3ccoc3)ccc2n1. The Hall–Kier alpha value is -2.93. The van der Waals surface area contributed by atoms with Crippen LogP contribution >= 0.6 is 11.3 Å². The Bertz CT molecular complexity index is 926. The van der Waals surface area contributed by atoms with Crippen LogP contribution in [0.5, 0.6) is 0 Å². The first-order chi connectivity index (χ1) is 10.8. The third-order valence-electron chi connectivity index (χ3n) is 3.19. The number of nitrogens with zero attached hydrogens (tertiary/aromatic N) is 3. The number of hydrogen-bond donors (Lipinski definition) is 1. The minimum absolute atomic E-state index is 0.275. The zero-order valence-corrected chi connectivity index (χ0v) is 12.1. The molecular formula is C15H10N4O2S. The lowest BCUT2D eigenvalue weighted by atomic mass is 10.1. The summed E-state index contributed by atoms with van der Waals surface area (Å²) in [5.74, 6) is -0.275. The highest BCUT2D eigenvalue weighted by atomic mass is 32.1. The van der Waals surface area contributed by atoms with Crippen molar-refractivity contribution in [2.75, 3.05) is 5.32 Å². The van der Waals surface area contributed by atoms with E-state index >= 15 is 0 Å². The number of pyridine rings is 1. The molecule has 7 heteroatoms. The van der Waals surface area contributed by atoms with Gasteiger partial charge in [0, 0.05) is 35.1 Å². The Labute approximate surface area is 129 Å². The molecule has 22 heavy (non-hydrogen) atoms. The monoisotopic (exact) mass is 310 g/mol. The van der Waals surface area contributed by atoms with Gasteiger partial charge in [-0.1, -0.05) is 0 Å². The van der Waals surface area contributed by atoms with Crippen molar-refractivity contribution >= 4 is 28.0 Å². The van der Waals surface area contributed by atoms with Gasteiger partial charge in [-0.2, -0.15) is 0 Å². The molecule has 4 heterocycles. The van der Waals surface area contributed by atoms with Crippen LogP contribution in [-0.4, -0.2) is 20.3 Å². The van der Waals surface area contributed by atoms with E-state index < -0.39 is 0 Å². The molecular weight excluding hydrogens is 300 g/mol. The number of carbonyl (C=O) groups is 1. The molecule has 0 aliphatic heterocycles. The van der Waals surface area contributed by atoms with E-state index in [1.807, 2.05) is 28.8 Å². The Kier molecular flexibility index (Phi) is 2.97. The number of aromatic nitrogens is 3. The molecule has 0 aliphatic carbocycles. The van der Waals surface area contributed by atoms with Gasteiger partial charge in [0.1, 0.15) is 11.3 Å². The van der Waals surface area contributed by atoms with Gasteiger partial charge in [0.05, 0.1) is 12.5 Å². The molecule has 0 unspecified atom stereocenters. The van der Waals surface area contributed by atoms with Gasteiger partial charge in [-0.3, -0.25) is 10.1 Å². The van der Waals surface area contributed by atoms with E-state index in [1.54, 1.807) is 30.3 Å². The van der Waals surface area contributed by atoms with Crippen molar-refractivity contribution in [3.63, 3.8) is 0 Å². The van der Waals surface area contributed by atoms with Crippen LogP contribution < -0.4 is 5.32 Å². The van der Waals surface area contributed by atoms with Gasteiger partial charge in [-0.25, -0.2) is 9.97 Å². The minimum Gasteiger partial charge on any atom is -0.472 e. The zero-order valence-electron chi connectivity index (χ0n) is 11.3. The molecule has 4 rings (SSSR count). The Morgan fingerprint density at radius 2 is 2.18 bits per heavy atom. The Balaban J connectivity index is 1.67. The van der Waals surface area contributed by atoms with Crippen LogP contribution in [0.15, 0.2) is 59.1 Å². The molecule has 0 aliphatic rings. The van der Waals surface area contributed by atoms with Gasteiger partial charge in [-0.05, 0) is 18.2 Å². The molecule has 0 atom stereocenters. The maximum absolute atomic E-state index is 12.2. The second-order valence-corrected chi connectivity index (χ2v) is 5.51. The van der Waals surface area contributed by atoms with Crippen molar-refractivity contribution in [1.82, 2.24) is 14.4 Å². The molecule has 0 fully saturated rings. The number of imidazole rings is 1. The van der Waals surface area contributed by atoms with Crippen LogP contribution in [0.25, 0.3) is 16.8 Å². The number of rotatable bonds is 3. The zero-order chi connectivity index (χ0) is 14.9. The highest BCUT2D eigenvalue weighted by Gasteiger charge is 2.12. The molecule has 6 nitrogen and oxygen atoms in total. The van der Waals surface area contributed by atoms with Crippen LogP contribution in [0, 0.1) is 0 Å². The molecule has 1 N–H and O–H groups in total. The summed E-state index contributed by atoms with van der Waals surface area (Å²) < 4.78 is 6.91. The Morgan fingerprint density at radius 3 is 2.95 bits per heavy atom. The lowest BCUT2D eigenvalue weighted by molar-refractivity contribution is 0.102. The maximum atomic E-state index is 12.2. The Morgan fingerprint density at radius 1 is 1.23 bits per heavy atom. The molecule has 108 valence electrons. The topological polar surface area (TPSA) is 72.4 Å². The van der Waals surface area contributed by atoms with Crippen LogP contribution in [0.4, 0.5) is 5.13 Å². The summed E-state index contributed by atoms with van der Waals surface area (Å²) in [7, 11) is 0. The third-order valence-corrected chi connectivity index (χ3v) is 3.88. The van der Waals surface area contributed by atoms with Gasteiger partial charge in [0.15, 0.2) is 5.13 Å². The van der Waals surface area contributed by atoms with Gasteiger partial charge >= 0.3 is 0 Å². The van der Waals surface area contributed by atoms with Crippen molar-refractivity contribution in [2.45, 2.75) is 0 Å². The lowest BCUT2D eigenvalue weighted by Crippen LogP contribution is -2.11. The van der Waals surface area contributed by atoms with Crippen LogP contribution in [0.2, 0.25) is 0 Å². The highest BCUT2D eigenvalue weighted by molar-refractivity contribution is 7.13. The number of fused-ring (bicyclic) bond motifs is 1. The third kappa shape index (κ3) is 2.27. The average molecular weight is 310 g/mol. The van der Waals surface area contributed by atoms with E-state index in [9.17, 15) is 4.79 Å². The van der Waals surface area contributed by atoms with Crippen LogP contribution in [0.3, 0.4) is 0 Å². The number of thiazole rings is 1. The number of amides is 1.